The second kappa shape index (κ2) is 7.85. The lowest BCUT2D eigenvalue weighted by atomic mass is 10.1. The molecule has 0 saturated carbocycles. The summed E-state index contributed by atoms with van der Waals surface area (Å²) in [6.45, 7) is 5.15. The molecule has 0 aromatic heterocycles. The van der Waals surface area contributed by atoms with Crippen LogP contribution in [-0.4, -0.2) is 32.9 Å². The van der Waals surface area contributed by atoms with Crippen LogP contribution in [0.5, 0.6) is 11.5 Å². The molecule has 6 heteroatoms. The highest BCUT2D eigenvalue weighted by molar-refractivity contribution is 5.92. The molecular weight excluding hydrogens is 276 g/mol. The minimum absolute atomic E-state index is 0.219. The first-order valence-electron chi connectivity index (χ1n) is 6.40. The number of carbonyl (C=O) groups is 1. The number of hydrogen-bond donors (Lipinski definition) is 0. The summed E-state index contributed by atoms with van der Waals surface area (Å²) < 4.78 is 15.4. The fourth-order valence-corrected chi connectivity index (χ4v) is 1.41. The van der Waals surface area contributed by atoms with Crippen LogP contribution in [0.15, 0.2) is 18.2 Å². The van der Waals surface area contributed by atoms with Gasteiger partial charge in [-0.05, 0) is 32.0 Å². The standard InChI is InChI=1S/C15H21O6/c1-15(2,19-5)8-9-20-21-14(16)12-10-11(17-3)6-7-13(12)18-4/h6-7,9-10H,8H2,1-5H3. The van der Waals surface area contributed by atoms with Crippen LogP contribution in [0.4, 0.5) is 0 Å². The maximum Gasteiger partial charge on any atom is 0.376 e. The molecular formula is C15H21O6. The van der Waals surface area contributed by atoms with Crippen molar-refractivity contribution in [2.75, 3.05) is 21.3 Å². The van der Waals surface area contributed by atoms with Crippen LogP contribution < -0.4 is 9.47 Å². The van der Waals surface area contributed by atoms with Crippen LogP contribution in [0.2, 0.25) is 0 Å². The van der Waals surface area contributed by atoms with Crippen LogP contribution in [-0.2, 0) is 14.5 Å². The predicted molar refractivity (Wildman–Crippen MR) is 76.1 cm³/mol. The van der Waals surface area contributed by atoms with E-state index < -0.39 is 5.97 Å². The Labute approximate surface area is 124 Å². The molecule has 1 radical (unpaired) electrons. The Morgan fingerprint density at radius 1 is 1.19 bits per heavy atom. The van der Waals surface area contributed by atoms with Gasteiger partial charge in [-0.15, -0.1) is 0 Å². The van der Waals surface area contributed by atoms with Crippen molar-refractivity contribution >= 4 is 5.97 Å². The SMILES string of the molecule is COc1ccc(OC)c(C(=O)OO[CH]CC(C)(C)OC)c1. The molecule has 0 N–H and O–H groups in total. The van der Waals surface area contributed by atoms with E-state index in [1.165, 1.54) is 26.9 Å². The van der Waals surface area contributed by atoms with Crippen molar-refractivity contribution < 1.29 is 28.8 Å². The molecule has 0 fully saturated rings. The zero-order chi connectivity index (χ0) is 15.9. The molecule has 1 rings (SSSR count). The topological polar surface area (TPSA) is 63.2 Å². The normalized spacial score (nSPS) is 11.1. The highest BCUT2D eigenvalue weighted by atomic mass is 17.2. The maximum atomic E-state index is 12.0. The van der Waals surface area contributed by atoms with Gasteiger partial charge in [0.25, 0.3) is 0 Å². The van der Waals surface area contributed by atoms with Crippen LogP contribution in [0.25, 0.3) is 0 Å². The van der Waals surface area contributed by atoms with E-state index in [4.69, 9.17) is 24.0 Å². The van der Waals surface area contributed by atoms with Crippen molar-refractivity contribution in [3.05, 3.63) is 30.4 Å². The summed E-state index contributed by atoms with van der Waals surface area (Å²) in [4.78, 5) is 21.5. The van der Waals surface area contributed by atoms with Crippen molar-refractivity contribution in [1.82, 2.24) is 0 Å². The zero-order valence-corrected chi connectivity index (χ0v) is 13.0. The Bertz CT molecular complexity index is 469. The van der Waals surface area contributed by atoms with Gasteiger partial charge in [-0.3, -0.25) is 4.89 Å². The van der Waals surface area contributed by atoms with Gasteiger partial charge in [0, 0.05) is 13.5 Å². The molecule has 0 saturated heterocycles. The average molecular weight is 297 g/mol. The lowest BCUT2D eigenvalue weighted by molar-refractivity contribution is -0.218. The first-order chi connectivity index (χ1) is 9.93. The summed E-state index contributed by atoms with van der Waals surface area (Å²) in [5.74, 6) is 0.228. The summed E-state index contributed by atoms with van der Waals surface area (Å²) in [5.41, 5.74) is -0.170. The first-order valence-corrected chi connectivity index (χ1v) is 6.40. The largest absolute Gasteiger partial charge is 0.497 e. The molecule has 0 atom stereocenters. The van der Waals surface area contributed by atoms with E-state index in [0.717, 1.165) is 0 Å². The van der Waals surface area contributed by atoms with Gasteiger partial charge in [0.05, 0.1) is 19.8 Å². The van der Waals surface area contributed by atoms with Gasteiger partial charge in [0.2, 0.25) is 0 Å². The quantitative estimate of drug-likeness (QED) is 0.418. The molecule has 1 aromatic carbocycles. The van der Waals surface area contributed by atoms with E-state index in [9.17, 15) is 4.79 Å². The van der Waals surface area contributed by atoms with E-state index in [0.29, 0.717) is 17.9 Å². The molecule has 0 spiro atoms. The molecule has 0 aliphatic heterocycles. The highest BCUT2D eigenvalue weighted by Gasteiger charge is 2.19. The second-order valence-electron chi connectivity index (χ2n) is 4.87. The van der Waals surface area contributed by atoms with E-state index in [1.807, 2.05) is 13.8 Å². The van der Waals surface area contributed by atoms with E-state index in [-0.39, 0.29) is 11.2 Å². The van der Waals surface area contributed by atoms with Crippen LogP contribution >= 0.6 is 0 Å². The minimum Gasteiger partial charge on any atom is -0.497 e. The molecule has 0 heterocycles. The average Bonchev–Trinajstić information content (AvgIpc) is 2.50. The Morgan fingerprint density at radius 3 is 2.48 bits per heavy atom. The van der Waals surface area contributed by atoms with Gasteiger partial charge in [0.1, 0.15) is 23.7 Å². The third-order valence-corrected chi connectivity index (χ3v) is 2.95. The number of benzene rings is 1. The Morgan fingerprint density at radius 2 is 1.90 bits per heavy atom. The minimum atomic E-state index is -0.669. The number of methoxy groups -OCH3 is 3. The van der Waals surface area contributed by atoms with Crippen LogP contribution in [0.1, 0.15) is 30.6 Å². The third-order valence-electron chi connectivity index (χ3n) is 2.95. The summed E-state index contributed by atoms with van der Waals surface area (Å²) in [7, 11) is 4.57. The van der Waals surface area contributed by atoms with Gasteiger partial charge in [-0.25, -0.2) is 4.79 Å². The first kappa shape index (κ1) is 17.3. The summed E-state index contributed by atoms with van der Waals surface area (Å²) in [5, 5.41) is 0. The maximum absolute atomic E-state index is 12.0. The second-order valence-corrected chi connectivity index (χ2v) is 4.87. The highest BCUT2D eigenvalue weighted by Crippen LogP contribution is 2.25. The van der Waals surface area contributed by atoms with Crippen molar-refractivity contribution in [3.63, 3.8) is 0 Å². The fraction of sp³-hybridized carbons (Fsp3) is 0.467. The molecule has 21 heavy (non-hydrogen) atoms. The van der Waals surface area contributed by atoms with Gasteiger partial charge < -0.3 is 14.2 Å². The van der Waals surface area contributed by atoms with Crippen molar-refractivity contribution in [3.8, 4) is 11.5 Å². The molecule has 117 valence electrons. The Balaban J connectivity index is 2.59. The molecule has 0 amide bonds. The van der Waals surface area contributed by atoms with E-state index in [2.05, 4.69) is 0 Å². The summed E-state index contributed by atoms with van der Waals surface area (Å²) in [6.07, 6.45) is 0.464. The number of rotatable bonds is 8. The zero-order valence-electron chi connectivity index (χ0n) is 13.0. The van der Waals surface area contributed by atoms with E-state index in [1.54, 1.807) is 19.2 Å². The number of hydrogen-bond acceptors (Lipinski definition) is 6. The fourth-order valence-electron chi connectivity index (χ4n) is 1.41. The molecule has 0 aliphatic carbocycles. The Kier molecular flexibility index (Phi) is 6.45. The molecule has 0 bridgehead atoms. The Hall–Kier alpha value is -1.79. The monoisotopic (exact) mass is 297 g/mol. The molecule has 6 nitrogen and oxygen atoms in total. The third kappa shape index (κ3) is 5.24. The van der Waals surface area contributed by atoms with Crippen LogP contribution in [0.3, 0.4) is 0 Å². The lowest BCUT2D eigenvalue weighted by Gasteiger charge is -2.21. The summed E-state index contributed by atoms with van der Waals surface area (Å²) >= 11 is 0. The molecule has 0 aliphatic rings. The van der Waals surface area contributed by atoms with E-state index >= 15 is 0 Å². The van der Waals surface area contributed by atoms with Crippen LogP contribution in [0, 0.1) is 6.61 Å². The van der Waals surface area contributed by atoms with Gasteiger partial charge in [-0.1, -0.05) is 0 Å². The van der Waals surface area contributed by atoms with Crippen molar-refractivity contribution in [2.24, 2.45) is 0 Å². The van der Waals surface area contributed by atoms with Gasteiger partial charge >= 0.3 is 5.97 Å². The van der Waals surface area contributed by atoms with Gasteiger partial charge in [-0.2, -0.15) is 4.89 Å². The summed E-state index contributed by atoms with van der Waals surface area (Å²) in [6, 6.07) is 4.82. The van der Waals surface area contributed by atoms with Crippen molar-refractivity contribution in [2.45, 2.75) is 25.9 Å². The number of carbonyl (C=O) groups excluding carboxylic acids is 1. The lowest BCUT2D eigenvalue weighted by Crippen LogP contribution is -2.23. The molecule has 0 unspecified atom stereocenters. The smallest absolute Gasteiger partial charge is 0.376 e. The predicted octanol–water partition coefficient (Wildman–Crippen LogP) is 2.77. The molecule has 1 aromatic rings. The number of ether oxygens (including phenoxy) is 3. The van der Waals surface area contributed by atoms with Gasteiger partial charge in [0.15, 0.2) is 0 Å². The van der Waals surface area contributed by atoms with Crippen molar-refractivity contribution in [1.29, 1.82) is 0 Å².